The van der Waals surface area contributed by atoms with Gasteiger partial charge in [0.05, 0.1) is 0 Å². The van der Waals surface area contributed by atoms with Crippen molar-refractivity contribution >= 4 is 35.3 Å². The molecule has 6 nitrogen and oxygen atoms in total. The quantitative estimate of drug-likeness (QED) is 0.320. The van der Waals surface area contributed by atoms with Crippen LogP contribution in [0, 0.1) is 0 Å². The smallest absolute Gasteiger partial charge is 0.550 e. The maximum atomic E-state index is 10.2. The van der Waals surface area contributed by atoms with Crippen LogP contribution in [0.1, 0.15) is 111 Å². The van der Waals surface area contributed by atoms with Gasteiger partial charge in [0.1, 0.15) is 0 Å². The van der Waals surface area contributed by atoms with Crippen LogP contribution in [0.2, 0.25) is 0 Å². The Morgan fingerprint density at radius 3 is 1.00 bits per heavy atom. The van der Waals surface area contributed by atoms with Gasteiger partial charge in [-0.3, -0.25) is 0 Å². The average molecular weight is 400 g/mol. The molecule has 0 aromatic rings. The summed E-state index contributed by atoms with van der Waals surface area (Å²) >= 11 is 0. The minimum Gasteiger partial charge on any atom is -0.550 e. The molecule has 0 atom stereocenters. The second kappa shape index (κ2) is 29.7. The van der Waals surface area contributed by atoms with Crippen molar-refractivity contribution in [3.05, 3.63) is 0 Å². The van der Waals surface area contributed by atoms with E-state index in [4.69, 9.17) is 19.8 Å². The second-order valence-electron chi connectivity index (χ2n) is 6.35. The standard InChI is InChI=1S/C16H32O2.2C2H4O2.Al/c1-2-3-4-5-6-7-8-9-10-11-12-13-14-15-16(17)18;2*1-2(3)4;/h2-15H2,1H3,(H,17,18);2*1H3,(H,3,4);/q;;;+3/p-3. The zero-order valence-electron chi connectivity index (χ0n) is 17.4. The van der Waals surface area contributed by atoms with E-state index in [9.17, 15) is 9.90 Å². The third-order valence-corrected chi connectivity index (χ3v) is 3.48. The van der Waals surface area contributed by atoms with Crippen LogP contribution in [-0.2, 0) is 14.4 Å². The maximum Gasteiger partial charge on any atom is 3.00 e. The van der Waals surface area contributed by atoms with Crippen LogP contribution in [0.3, 0.4) is 0 Å². The van der Waals surface area contributed by atoms with Gasteiger partial charge in [0.2, 0.25) is 0 Å². The van der Waals surface area contributed by atoms with Gasteiger partial charge in [0, 0.05) is 17.9 Å². The molecule has 0 aliphatic rings. The Hall–Kier alpha value is -1.06. The molecule has 27 heavy (non-hydrogen) atoms. The van der Waals surface area contributed by atoms with E-state index in [-0.39, 0.29) is 23.8 Å². The number of hydrogen-bond acceptors (Lipinski definition) is 6. The van der Waals surface area contributed by atoms with Crippen LogP contribution in [0.5, 0.6) is 0 Å². The van der Waals surface area contributed by atoms with E-state index in [1.165, 1.54) is 70.6 Å². The van der Waals surface area contributed by atoms with Gasteiger partial charge in [-0.25, -0.2) is 0 Å². The fourth-order valence-corrected chi connectivity index (χ4v) is 2.29. The van der Waals surface area contributed by atoms with Gasteiger partial charge in [-0.2, -0.15) is 0 Å². The third kappa shape index (κ3) is 67.5. The fourth-order valence-electron chi connectivity index (χ4n) is 2.29. The van der Waals surface area contributed by atoms with Crippen LogP contribution < -0.4 is 15.3 Å². The minimum absolute atomic E-state index is 0. The van der Waals surface area contributed by atoms with E-state index < -0.39 is 17.9 Å². The number of carbonyl (C=O) groups excluding carboxylic acids is 3. The van der Waals surface area contributed by atoms with Gasteiger partial charge in [-0.1, -0.05) is 84.0 Å². The number of aliphatic carboxylic acids is 3. The molecule has 0 amide bonds. The van der Waals surface area contributed by atoms with Crippen molar-refractivity contribution < 1.29 is 29.7 Å². The van der Waals surface area contributed by atoms with Crippen molar-refractivity contribution in [3.8, 4) is 0 Å². The molecule has 0 rings (SSSR count). The first-order valence-electron chi connectivity index (χ1n) is 9.79. The first-order valence-corrected chi connectivity index (χ1v) is 9.79. The number of carbonyl (C=O) groups is 3. The molecule has 0 fully saturated rings. The van der Waals surface area contributed by atoms with Gasteiger partial charge in [-0.15, -0.1) is 0 Å². The van der Waals surface area contributed by atoms with Crippen molar-refractivity contribution in [1.29, 1.82) is 0 Å². The van der Waals surface area contributed by atoms with Crippen molar-refractivity contribution in [2.24, 2.45) is 0 Å². The van der Waals surface area contributed by atoms with E-state index in [1.54, 1.807) is 0 Å². The Balaban J connectivity index is -0.000000247. The molecule has 0 spiro atoms. The molecule has 0 bridgehead atoms. The number of carboxylic acid groups (broad SMARTS) is 3. The van der Waals surface area contributed by atoms with Crippen molar-refractivity contribution in [2.45, 2.75) is 111 Å². The predicted octanol–water partition coefficient (Wildman–Crippen LogP) is 1.35. The molecular weight excluding hydrogens is 363 g/mol. The summed E-state index contributed by atoms with van der Waals surface area (Å²) in [5.74, 6) is -3.07. The van der Waals surface area contributed by atoms with E-state index in [1.807, 2.05) is 0 Å². The van der Waals surface area contributed by atoms with Gasteiger partial charge in [0.15, 0.2) is 0 Å². The van der Waals surface area contributed by atoms with Crippen molar-refractivity contribution in [2.75, 3.05) is 0 Å². The van der Waals surface area contributed by atoms with Gasteiger partial charge in [-0.05, 0) is 26.7 Å². The summed E-state index contributed by atoms with van der Waals surface area (Å²) in [6.45, 7) is 4.20. The van der Waals surface area contributed by atoms with Crippen LogP contribution >= 0.6 is 0 Å². The average Bonchev–Trinajstić information content (AvgIpc) is 2.50. The molecule has 0 aliphatic heterocycles. The molecule has 156 valence electrons. The molecule has 0 radical (unpaired) electrons. The van der Waals surface area contributed by atoms with Gasteiger partial charge in [0.25, 0.3) is 0 Å². The minimum atomic E-state index is -1.08. The zero-order chi connectivity index (χ0) is 20.6. The first-order chi connectivity index (χ1) is 12.2. The van der Waals surface area contributed by atoms with Crippen molar-refractivity contribution in [1.82, 2.24) is 0 Å². The SMILES string of the molecule is CC(=O)[O-].CC(=O)[O-].CCCCCCCCCCCCCCCC(=O)[O-].[Al+3]. The number of unbranched alkanes of at least 4 members (excludes halogenated alkanes) is 12. The molecule has 0 aromatic heterocycles. The largest absolute Gasteiger partial charge is 3.00 e. The Bertz CT molecular complexity index is 314. The molecule has 0 aliphatic carbocycles. The van der Waals surface area contributed by atoms with E-state index >= 15 is 0 Å². The van der Waals surface area contributed by atoms with Crippen LogP contribution in [0.25, 0.3) is 0 Å². The van der Waals surface area contributed by atoms with E-state index in [0.29, 0.717) is 0 Å². The molecular formula is C20H37AlO6. The zero-order valence-corrected chi connectivity index (χ0v) is 18.6. The summed E-state index contributed by atoms with van der Waals surface area (Å²) in [4.78, 5) is 28.0. The molecule has 0 saturated heterocycles. The summed E-state index contributed by atoms with van der Waals surface area (Å²) in [5.41, 5.74) is 0. The summed E-state index contributed by atoms with van der Waals surface area (Å²) in [5, 5.41) is 28.0. The molecule has 0 saturated carbocycles. The third-order valence-electron chi connectivity index (χ3n) is 3.48. The van der Waals surface area contributed by atoms with Crippen LogP contribution in [0.15, 0.2) is 0 Å². The first kappa shape index (κ1) is 33.5. The van der Waals surface area contributed by atoms with E-state index in [2.05, 4.69) is 6.92 Å². The Morgan fingerprint density at radius 2 is 0.778 bits per heavy atom. The summed E-state index contributed by atoms with van der Waals surface area (Å²) in [6, 6.07) is 0. The summed E-state index contributed by atoms with van der Waals surface area (Å²) in [7, 11) is 0. The van der Waals surface area contributed by atoms with Gasteiger partial charge >= 0.3 is 17.4 Å². The van der Waals surface area contributed by atoms with Crippen LogP contribution in [-0.4, -0.2) is 35.3 Å². The number of hydrogen-bond donors (Lipinski definition) is 0. The topological polar surface area (TPSA) is 120 Å². The van der Waals surface area contributed by atoms with E-state index in [0.717, 1.165) is 26.7 Å². The summed E-state index contributed by atoms with van der Waals surface area (Å²) in [6.07, 6.45) is 16.9. The predicted molar refractivity (Wildman–Crippen MR) is 102 cm³/mol. The second-order valence-corrected chi connectivity index (χ2v) is 6.35. The Labute approximate surface area is 175 Å². The Morgan fingerprint density at radius 1 is 0.556 bits per heavy atom. The molecule has 0 heterocycles. The monoisotopic (exact) mass is 400 g/mol. The Kier molecular flexibility index (Phi) is 36.9. The fraction of sp³-hybridized carbons (Fsp3) is 0.850. The maximum absolute atomic E-state index is 10.2. The van der Waals surface area contributed by atoms with Crippen LogP contribution in [0.4, 0.5) is 0 Å². The molecule has 0 aromatic carbocycles. The molecule has 0 unspecified atom stereocenters. The van der Waals surface area contributed by atoms with Crippen molar-refractivity contribution in [3.63, 3.8) is 0 Å². The summed E-state index contributed by atoms with van der Waals surface area (Å²) < 4.78 is 0. The molecule has 0 N–H and O–H groups in total. The molecule has 7 heteroatoms. The number of carboxylic acids is 3. The number of rotatable bonds is 14. The normalized spacial score (nSPS) is 9.00. The van der Waals surface area contributed by atoms with Gasteiger partial charge < -0.3 is 29.7 Å².